The number of para-hydroxylation sites is 1. The Bertz CT molecular complexity index is 482. The predicted molar refractivity (Wildman–Crippen MR) is 63.7 cm³/mol. The van der Waals surface area contributed by atoms with E-state index in [2.05, 4.69) is 35.9 Å². The summed E-state index contributed by atoms with van der Waals surface area (Å²) in [6.45, 7) is 0.209. The van der Waals surface area contributed by atoms with Gasteiger partial charge in [-0.15, -0.1) is 0 Å². The highest BCUT2D eigenvalue weighted by Gasteiger charge is 2.00. The summed E-state index contributed by atoms with van der Waals surface area (Å²) >= 11 is 0. The van der Waals surface area contributed by atoms with Gasteiger partial charge in [0.15, 0.2) is 0 Å². The molecule has 0 spiro atoms. The first-order chi connectivity index (χ1) is 7.33. The van der Waals surface area contributed by atoms with E-state index in [1.54, 1.807) is 0 Å². The van der Waals surface area contributed by atoms with Crippen LogP contribution in [-0.2, 0) is 7.05 Å². The van der Waals surface area contributed by atoms with E-state index in [9.17, 15) is 0 Å². The van der Waals surface area contributed by atoms with Crippen LogP contribution in [0.5, 0.6) is 0 Å². The lowest BCUT2D eigenvalue weighted by atomic mass is 10.2. The Morgan fingerprint density at radius 2 is 2.13 bits per heavy atom. The zero-order valence-electron chi connectivity index (χ0n) is 8.85. The van der Waals surface area contributed by atoms with Gasteiger partial charge in [0.2, 0.25) is 0 Å². The van der Waals surface area contributed by atoms with Gasteiger partial charge in [-0.1, -0.05) is 24.3 Å². The quantitative estimate of drug-likeness (QED) is 0.811. The molecule has 1 aromatic heterocycles. The molecule has 0 saturated carbocycles. The average Bonchev–Trinajstić information content (AvgIpc) is 2.57. The molecule has 0 atom stereocenters. The van der Waals surface area contributed by atoms with E-state index in [-0.39, 0.29) is 6.61 Å². The number of hydrogen-bond donors (Lipinski definition) is 1. The molecule has 2 aromatic rings. The maximum atomic E-state index is 8.70. The molecule has 2 rings (SSSR count). The Hall–Kier alpha value is -1.54. The normalized spacial score (nSPS) is 11.6. The van der Waals surface area contributed by atoms with Crippen LogP contribution in [0.25, 0.3) is 17.0 Å². The fourth-order valence-corrected chi connectivity index (χ4v) is 1.75. The third-order valence-electron chi connectivity index (χ3n) is 2.57. The number of fused-ring (bicyclic) bond motifs is 1. The fourth-order valence-electron chi connectivity index (χ4n) is 1.75. The van der Waals surface area contributed by atoms with Crippen molar-refractivity contribution in [2.45, 2.75) is 6.42 Å². The Morgan fingerprint density at radius 3 is 2.87 bits per heavy atom. The molecule has 2 nitrogen and oxygen atoms in total. The molecule has 0 aliphatic carbocycles. The van der Waals surface area contributed by atoms with Crippen LogP contribution in [0.15, 0.2) is 36.4 Å². The number of aliphatic hydroxyl groups excluding tert-OH is 1. The summed E-state index contributed by atoms with van der Waals surface area (Å²) in [6.07, 6.45) is 4.76. The molecule has 0 amide bonds. The maximum absolute atomic E-state index is 8.70. The highest BCUT2D eigenvalue weighted by molar-refractivity contribution is 5.83. The minimum Gasteiger partial charge on any atom is -0.396 e. The van der Waals surface area contributed by atoms with Gasteiger partial charge in [0.05, 0.1) is 0 Å². The van der Waals surface area contributed by atoms with Crippen molar-refractivity contribution >= 4 is 17.0 Å². The SMILES string of the molecule is Cn1c(/C=C/CCO)cc2ccccc21. The summed E-state index contributed by atoms with van der Waals surface area (Å²) < 4.78 is 2.16. The summed E-state index contributed by atoms with van der Waals surface area (Å²) in [4.78, 5) is 0. The fraction of sp³-hybridized carbons (Fsp3) is 0.231. The number of nitrogens with zero attached hydrogens (tertiary/aromatic N) is 1. The van der Waals surface area contributed by atoms with Crippen molar-refractivity contribution in [2.24, 2.45) is 7.05 Å². The van der Waals surface area contributed by atoms with Crippen molar-refractivity contribution in [3.05, 3.63) is 42.1 Å². The van der Waals surface area contributed by atoms with Crippen LogP contribution >= 0.6 is 0 Å². The van der Waals surface area contributed by atoms with E-state index in [0.717, 1.165) is 0 Å². The van der Waals surface area contributed by atoms with Gasteiger partial charge < -0.3 is 9.67 Å². The van der Waals surface area contributed by atoms with Crippen molar-refractivity contribution in [1.29, 1.82) is 0 Å². The van der Waals surface area contributed by atoms with Gasteiger partial charge >= 0.3 is 0 Å². The second-order valence-corrected chi connectivity index (χ2v) is 3.60. The Kier molecular flexibility index (Phi) is 2.88. The third kappa shape index (κ3) is 1.95. The number of rotatable bonds is 3. The van der Waals surface area contributed by atoms with E-state index in [0.29, 0.717) is 6.42 Å². The van der Waals surface area contributed by atoms with E-state index in [1.165, 1.54) is 16.6 Å². The third-order valence-corrected chi connectivity index (χ3v) is 2.57. The lowest BCUT2D eigenvalue weighted by Gasteiger charge is -1.98. The molecular weight excluding hydrogens is 186 g/mol. The zero-order chi connectivity index (χ0) is 10.7. The molecule has 0 bridgehead atoms. The van der Waals surface area contributed by atoms with Crippen LogP contribution in [0, 0.1) is 0 Å². The van der Waals surface area contributed by atoms with E-state index >= 15 is 0 Å². The minimum absolute atomic E-state index is 0.209. The molecule has 2 heteroatoms. The first-order valence-corrected chi connectivity index (χ1v) is 5.15. The Morgan fingerprint density at radius 1 is 1.33 bits per heavy atom. The van der Waals surface area contributed by atoms with Crippen LogP contribution in [0.4, 0.5) is 0 Å². The van der Waals surface area contributed by atoms with E-state index in [1.807, 2.05) is 18.2 Å². The van der Waals surface area contributed by atoms with Gasteiger partial charge in [0, 0.05) is 30.3 Å². The van der Waals surface area contributed by atoms with Crippen LogP contribution in [-0.4, -0.2) is 16.3 Å². The molecule has 78 valence electrons. The lowest BCUT2D eigenvalue weighted by molar-refractivity contribution is 0.303. The van der Waals surface area contributed by atoms with Gasteiger partial charge in [-0.2, -0.15) is 0 Å². The van der Waals surface area contributed by atoms with Crippen LogP contribution in [0.1, 0.15) is 12.1 Å². The van der Waals surface area contributed by atoms with Gasteiger partial charge in [-0.25, -0.2) is 0 Å². The smallest absolute Gasteiger partial charge is 0.0482 e. The number of benzene rings is 1. The van der Waals surface area contributed by atoms with Gasteiger partial charge in [-0.05, 0) is 24.6 Å². The second-order valence-electron chi connectivity index (χ2n) is 3.60. The Labute approximate surface area is 89.5 Å². The molecule has 0 aliphatic rings. The van der Waals surface area contributed by atoms with E-state index < -0.39 is 0 Å². The van der Waals surface area contributed by atoms with Crippen molar-refractivity contribution in [3.8, 4) is 0 Å². The molecule has 15 heavy (non-hydrogen) atoms. The lowest BCUT2D eigenvalue weighted by Crippen LogP contribution is -1.89. The standard InChI is InChI=1S/C13H15NO/c1-14-12(7-4-5-9-15)10-11-6-2-3-8-13(11)14/h2-4,6-8,10,15H,5,9H2,1H3/b7-4+. The first-order valence-electron chi connectivity index (χ1n) is 5.15. The second kappa shape index (κ2) is 4.32. The summed E-state index contributed by atoms with van der Waals surface area (Å²) in [7, 11) is 2.06. The molecule has 1 N–H and O–H groups in total. The molecular formula is C13H15NO. The molecule has 0 radical (unpaired) electrons. The van der Waals surface area contributed by atoms with Crippen LogP contribution in [0.3, 0.4) is 0 Å². The monoisotopic (exact) mass is 201 g/mol. The number of aliphatic hydroxyl groups is 1. The van der Waals surface area contributed by atoms with Gasteiger partial charge in [-0.3, -0.25) is 0 Å². The highest BCUT2D eigenvalue weighted by Crippen LogP contribution is 2.19. The molecule has 0 aliphatic heterocycles. The first kappa shape index (κ1) is 9.99. The number of hydrogen-bond acceptors (Lipinski definition) is 1. The van der Waals surface area contributed by atoms with Crippen molar-refractivity contribution < 1.29 is 5.11 Å². The van der Waals surface area contributed by atoms with Crippen molar-refractivity contribution in [3.63, 3.8) is 0 Å². The molecule has 1 aromatic carbocycles. The molecule has 1 heterocycles. The maximum Gasteiger partial charge on any atom is 0.0482 e. The largest absolute Gasteiger partial charge is 0.396 e. The zero-order valence-corrected chi connectivity index (χ0v) is 8.85. The molecule has 0 saturated heterocycles. The van der Waals surface area contributed by atoms with E-state index in [4.69, 9.17) is 5.11 Å². The van der Waals surface area contributed by atoms with Gasteiger partial charge in [0.25, 0.3) is 0 Å². The molecule has 0 fully saturated rings. The van der Waals surface area contributed by atoms with Crippen LogP contribution in [0.2, 0.25) is 0 Å². The van der Waals surface area contributed by atoms with Crippen molar-refractivity contribution in [2.75, 3.05) is 6.61 Å². The van der Waals surface area contributed by atoms with Gasteiger partial charge in [0.1, 0.15) is 0 Å². The average molecular weight is 201 g/mol. The summed E-state index contributed by atoms with van der Waals surface area (Å²) in [5.74, 6) is 0. The minimum atomic E-state index is 0.209. The van der Waals surface area contributed by atoms with Crippen molar-refractivity contribution in [1.82, 2.24) is 4.57 Å². The highest BCUT2D eigenvalue weighted by atomic mass is 16.2. The number of aryl methyl sites for hydroxylation is 1. The summed E-state index contributed by atoms with van der Waals surface area (Å²) in [5, 5.41) is 9.95. The summed E-state index contributed by atoms with van der Waals surface area (Å²) in [6, 6.07) is 10.5. The Balaban J connectivity index is 2.40. The summed E-state index contributed by atoms with van der Waals surface area (Å²) in [5.41, 5.74) is 2.41. The van der Waals surface area contributed by atoms with Crippen LogP contribution < -0.4 is 0 Å². The topological polar surface area (TPSA) is 25.2 Å². The molecule has 0 unspecified atom stereocenters. The number of aromatic nitrogens is 1. The predicted octanol–water partition coefficient (Wildman–Crippen LogP) is 2.57.